The number of anilines is 2. The number of hydrogen-bond acceptors (Lipinski definition) is 9. The van der Waals surface area contributed by atoms with Gasteiger partial charge in [0.1, 0.15) is 0 Å². The fourth-order valence-electron chi connectivity index (χ4n) is 3.74. The number of pyridine rings is 1. The molecule has 0 atom stereocenters. The minimum absolute atomic E-state index is 0.453. The second kappa shape index (κ2) is 8.10. The molecule has 4 rings (SSSR count). The van der Waals surface area contributed by atoms with Gasteiger partial charge in [0.2, 0.25) is 0 Å². The Morgan fingerprint density at radius 1 is 1.19 bits per heavy atom. The van der Waals surface area contributed by atoms with Crippen LogP contribution >= 0.6 is 0 Å². The summed E-state index contributed by atoms with van der Waals surface area (Å²) in [5.74, 6) is 2.41. The smallest absolute Gasteiger partial charge is 0.266 e. The molecule has 9 heteroatoms. The topological polar surface area (TPSA) is 88.8 Å². The van der Waals surface area contributed by atoms with Gasteiger partial charge in [0.15, 0.2) is 11.6 Å². The molecule has 1 N–H and O–H groups in total. The standard InChI is InChI=1S/C18H26N6O3/c1-19-16-15(25-2)11-13(12-20-16)17-21-18(22-27-17)24-5-3-14(4-6-24)23-7-9-26-10-8-23/h11-12,14H,3-10H2,1-2H3,(H,19,20). The van der Waals surface area contributed by atoms with Crippen molar-refractivity contribution in [1.29, 1.82) is 0 Å². The molecule has 2 aromatic rings. The lowest BCUT2D eigenvalue weighted by atomic mass is 10.0. The maximum atomic E-state index is 5.47. The Labute approximate surface area is 158 Å². The molecule has 0 aliphatic carbocycles. The SMILES string of the molecule is CNc1ncc(-c2nc(N3CCC(N4CCOCC4)CC3)no2)cc1OC. The molecule has 0 bridgehead atoms. The van der Waals surface area contributed by atoms with Crippen LogP contribution in [0, 0.1) is 0 Å². The third-order valence-corrected chi connectivity index (χ3v) is 5.28. The summed E-state index contributed by atoms with van der Waals surface area (Å²) in [6, 6.07) is 2.47. The molecular weight excluding hydrogens is 348 g/mol. The summed E-state index contributed by atoms with van der Waals surface area (Å²) in [6.45, 7) is 5.63. The molecule has 2 fully saturated rings. The Kier molecular flexibility index (Phi) is 5.40. The van der Waals surface area contributed by atoms with Gasteiger partial charge in [-0.2, -0.15) is 4.98 Å². The van der Waals surface area contributed by atoms with E-state index in [-0.39, 0.29) is 0 Å². The van der Waals surface area contributed by atoms with E-state index in [0.29, 0.717) is 29.4 Å². The molecule has 0 amide bonds. The molecular formula is C18H26N6O3. The first-order chi connectivity index (χ1) is 13.3. The van der Waals surface area contributed by atoms with Gasteiger partial charge in [0, 0.05) is 45.5 Å². The molecule has 27 heavy (non-hydrogen) atoms. The predicted molar refractivity (Wildman–Crippen MR) is 101 cm³/mol. The van der Waals surface area contributed by atoms with Crippen LogP contribution in [0.1, 0.15) is 12.8 Å². The van der Waals surface area contributed by atoms with Crippen LogP contribution in [0.25, 0.3) is 11.5 Å². The summed E-state index contributed by atoms with van der Waals surface area (Å²) >= 11 is 0. The van der Waals surface area contributed by atoms with Crippen LogP contribution in [0.5, 0.6) is 5.75 Å². The van der Waals surface area contributed by atoms with Gasteiger partial charge in [-0.1, -0.05) is 0 Å². The van der Waals surface area contributed by atoms with Gasteiger partial charge >= 0.3 is 0 Å². The normalized spacial score (nSPS) is 19.3. The molecule has 0 radical (unpaired) electrons. The molecule has 0 saturated carbocycles. The molecule has 4 heterocycles. The summed E-state index contributed by atoms with van der Waals surface area (Å²) in [5.41, 5.74) is 0.743. The fraction of sp³-hybridized carbons (Fsp3) is 0.611. The molecule has 2 aliphatic rings. The lowest BCUT2D eigenvalue weighted by Crippen LogP contribution is -2.49. The van der Waals surface area contributed by atoms with Gasteiger partial charge in [-0.25, -0.2) is 4.98 Å². The minimum atomic E-state index is 0.453. The molecule has 2 saturated heterocycles. The Balaban J connectivity index is 1.41. The summed E-state index contributed by atoms with van der Waals surface area (Å²) in [5, 5.41) is 7.16. The third-order valence-electron chi connectivity index (χ3n) is 5.28. The van der Waals surface area contributed by atoms with E-state index < -0.39 is 0 Å². The number of nitrogens with one attached hydrogen (secondary N) is 1. The van der Waals surface area contributed by atoms with Gasteiger partial charge in [0.05, 0.1) is 25.9 Å². The number of methoxy groups -OCH3 is 1. The molecule has 146 valence electrons. The fourth-order valence-corrected chi connectivity index (χ4v) is 3.74. The maximum absolute atomic E-state index is 5.47. The van der Waals surface area contributed by atoms with E-state index in [2.05, 4.69) is 30.2 Å². The highest BCUT2D eigenvalue weighted by atomic mass is 16.5. The second-order valence-electron chi connectivity index (χ2n) is 6.79. The van der Waals surface area contributed by atoms with Crippen molar-refractivity contribution in [2.24, 2.45) is 0 Å². The Morgan fingerprint density at radius 3 is 2.67 bits per heavy atom. The van der Waals surface area contributed by atoms with E-state index in [1.807, 2.05) is 6.07 Å². The van der Waals surface area contributed by atoms with Crippen molar-refractivity contribution in [3.05, 3.63) is 12.3 Å². The molecule has 0 spiro atoms. The van der Waals surface area contributed by atoms with Crippen molar-refractivity contribution in [2.75, 3.05) is 63.8 Å². The monoisotopic (exact) mass is 374 g/mol. The summed E-state index contributed by atoms with van der Waals surface area (Å²) in [4.78, 5) is 13.6. The van der Waals surface area contributed by atoms with Gasteiger partial charge in [-0.3, -0.25) is 4.90 Å². The predicted octanol–water partition coefficient (Wildman–Crippen LogP) is 1.48. The van der Waals surface area contributed by atoms with Crippen molar-refractivity contribution >= 4 is 11.8 Å². The highest BCUT2D eigenvalue weighted by molar-refractivity contribution is 5.62. The van der Waals surface area contributed by atoms with Crippen molar-refractivity contribution in [3.63, 3.8) is 0 Å². The van der Waals surface area contributed by atoms with Crippen LogP contribution in [0.2, 0.25) is 0 Å². The summed E-state index contributed by atoms with van der Waals surface area (Å²) < 4.78 is 16.3. The number of nitrogens with zero attached hydrogens (tertiary/aromatic N) is 5. The van der Waals surface area contributed by atoms with Crippen molar-refractivity contribution in [1.82, 2.24) is 20.0 Å². The maximum Gasteiger partial charge on any atom is 0.266 e. The lowest BCUT2D eigenvalue weighted by molar-refractivity contribution is 0.0114. The summed E-state index contributed by atoms with van der Waals surface area (Å²) in [7, 11) is 3.41. The Morgan fingerprint density at radius 2 is 1.96 bits per heavy atom. The summed E-state index contributed by atoms with van der Waals surface area (Å²) in [6.07, 6.45) is 3.92. The van der Waals surface area contributed by atoms with Gasteiger partial charge in [-0.15, -0.1) is 0 Å². The number of morpholine rings is 1. The molecule has 2 aromatic heterocycles. The van der Waals surface area contributed by atoms with E-state index in [1.165, 1.54) is 0 Å². The highest BCUT2D eigenvalue weighted by Crippen LogP contribution is 2.29. The largest absolute Gasteiger partial charge is 0.493 e. The number of aromatic nitrogens is 3. The second-order valence-corrected chi connectivity index (χ2v) is 6.79. The van der Waals surface area contributed by atoms with Gasteiger partial charge < -0.3 is 24.2 Å². The Bertz CT molecular complexity index is 753. The van der Waals surface area contributed by atoms with E-state index in [4.69, 9.17) is 14.0 Å². The average Bonchev–Trinajstić information content (AvgIpc) is 3.24. The van der Waals surface area contributed by atoms with Crippen molar-refractivity contribution in [3.8, 4) is 17.2 Å². The minimum Gasteiger partial charge on any atom is -0.493 e. The third kappa shape index (κ3) is 3.84. The van der Waals surface area contributed by atoms with Crippen LogP contribution in [0.15, 0.2) is 16.8 Å². The zero-order chi connectivity index (χ0) is 18.6. The Hall–Kier alpha value is -2.39. The van der Waals surface area contributed by atoms with E-state index in [1.54, 1.807) is 20.4 Å². The van der Waals surface area contributed by atoms with E-state index >= 15 is 0 Å². The number of hydrogen-bond donors (Lipinski definition) is 1. The quantitative estimate of drug-likeness (QED) is 0.836. The van der Waals surface area contributed by atoms with Crippen LogP contribution < -0.4 is 15.0 Å². The molecule has 2 aliphatic heterocycles. The first kappa shape index (κ1) is 18.0. The van der Waals surface area contributed by atoms with E-state index in [9.17, 15) is 0 Å². The zero-order valence-electron chi connectivity index (χ0n) is 15.8. The molecule has 0 unspecified atom stereocenters. The lowest BCUT2D eigenvalue weighted by Gasteiger charge is -2.39. The van der Waals surface area contributed by atoms with E-state index in [0.717, 1.165) is 57.8 Å². The van der Waals surface area contributed by atoms with Crippen LogP contribution in [-0.2, 0) is 4.74 Å². The van der Waals surface area contributed by atoms with Crippen molar-refractivity contribution in [2.45, 2.75) is 18.9 Å². The average molecular weight is 374 g/mol. The first-order valence-electron chi connectivity index (χ1n) is 9.41. The van der Waals surface area contributed by atoms with Crippen LogP contribution in [-0.4, -0.2) is 79.6 Å². The molecule has 9 nitrogen and oxygen atoms in total. The van der Waals surface area contributed by atoms with Crippen LogP contribution in [0.4, 0.5) is 11.8 Å². The first-order valence-corrected chi connectivity index (χ1v) is 9.41. The van der Waals surface area contributed by atoms with Crippen molar-refractivity contribution < 1.29 is 14.0 Å². The number of ether oxygens (including phenoxy) is 2. The number of rotatable bonds is 5. The van der Waals surface area contributed by atoms with Gasteiger partial charge in [-0.05, 0) is 24.1 Å². The van der Waals surface area contributed by atoms with Crippen LogP contribution in [0.3, 0.4) is 0 Å². The van der Waals surface area contributed by atoms with Gasteiger partial charge in [0.25, 0.3) is 11.8 Å². The highest BCUT2D eigenvalue weighted by Gasteiger charge is 2.27. The zero-order valence-corrected chi connectivity index (χ0v) is 15.8. The molecule has 0 aromatic carbocycles. The number of piperidine rings is 1.